The Labute approximate surface area is 270 Å². The molecule has 0 atom stereocenters. The van der Waals surface area contributed by atoms with E-state index in [0.717, 1.165) is 0 Å². The molecule has 3 N–H and O–H groups in total. The highest BCUT2D eigenvalue weighted by molar-refractivity contribution is 5.94. The minimum absolute atomic E-state index is 0.611. The molecule has 0 aromatic rings. The summed E-state index contributed by atoms with van der Waals surface area (Å²) >= 11 is 0. The average Bonchev–Trinajstić information content (AvgIpc) is 3.06. The first-order valence-corrected chi connectivity index (χ1v) is 12.1. The van der Waals surface area contributed by atoms with Crippen LogP contribution >= 0.6 is 0 Å². The van der Waals surface area contributed by atoms with E-state index in [9.17, 15) is 19.8 Å². The van der Waals surface area contributed by atoms with Crippen LogP contribution in [0.2, 0.25) is 0 Å². The van der Waals surface area contributed by atoms with Crippen LogP contribution in [-0.4, -0.2) is 47.4 Å². The van der Waals surface area contributed by atoms with Gasteiger partial charge in [0.2, 0.25) is 0 Å². The number of esters is 1. The molecule has 0 rings (SSSR count). The molecule has 0 aromatic heterocycles. The lowest BCUT2D eigenvalue weighted by atomic mass is 10.0. The molecule has 0 spiro atoms. The van der Waals surface area contributed by atoms with Gasteiger partial charge in [-0.2, -0.15) is 0 Å². The summed E-state index contributed by atoms with van der Waals surface area (Å²) in [5, 5.41) is 21.6. The van der Waals surface area contributed by atoms with Gasteiger partial charge in [0, 0.05) is 11.8 Å². The Morgan fingerprint density at radius 1 is 0.478 bits per heavy atom. The zero-order chi connectivity index (χ0) is 33.8. The van der Waals surface area contributed by atoms with Crippen molar-refractivity contribution in [2.24, 2.45) is 0 Å². The van der Waals surface area contributed by atoms with Gasteiger partial charge in [0.15, 0.2) is 0 Å². The Hall–Kier alpha value is -8.18. The second-order valence-electron chi connectivity index (χ2n) is 6.88. The molecule has 6 nitrogen and oxygen atoms in total. The number of hydrogen-bond acceptors (Lipinski definition) is 5. The molecule has 0 aromatic carbocycles. The molecular formula is C40H15NO5. The van der Waals surface area contributed by atoms with Crippen molar-refractivity contribution in [2.75, 3.05) is 19.8 Å². The maximum absolute atomic E-state index is 12.1. The van der Waals surface area contributed by atoms with Crippen LogP contribution in [0.15, 0.2) is 0 Å². The largest absolute Gasteiger partial charge is 0.453 e. The predicted octanol–water partition coefficient (Wildman–Crippen LogP) is -1.54. The monoisotopic (exact) mass is 589 g/mol. The summed E-state index contributed by atoms with van der Waals surface area (Å²) in [5.74, 6) is 75.3. The Balaban J connectivity index is 4.92. The van der Waals surface area contributed by atoms with Crippen LogP contribution in [0.25, 0.3) is 0 Å². The van der Waals surface area contributed by atoms with Crippen molar-refractivity contribution in [2.45, 2.75) is 19.4 Å². The molecule has 0 heterocycles. The van der Waals surface area contributed by atoms with Gasteiger partial charge in [0.05, 0.1) is 13.2 Å². The fourth-order valence-corrected chi connectivity index (χ4v) is 1.81. The molecule has 0 saturated carbocycles. The van der Waals surface area contributed by atoms with E-state index in [1.807, 2.05) is 0 Å². The third-order valence-electron chi connectivity index (χ3n) is 3.68. The lowest BCUT2D eigenvalue weighted by Gasteiger charge is -2.28. The summed E-state index contributed by atoms with van der Waals surface area (Å²) in [4.78, 5) is 23.9. The third-order valence-corrected chi connectivity index (χ3v) is 3.68. The number of ether oxygens (including phenoxy) is 1. The van der Waals surface area contributed by atoms with E-state index in [4.69, 9.17) is 4.74 Å². The zero-order valence-electron chi connectivity index (χ0n) is 24.2. The second kappa shape index (κ2) is 28.4. The zero-order valence-corrected chi connectivity index (χ0v) is 24.2. The number of rotatable bonds is 5. The van der Waals surface area contributed by atoms with Crippen LogP contribution in [0.3, 0.4) is 0 Å². The Bertz CT molecular complexity index is 2250. The first kappa shape index (κ1) is 37.8. The van der Waals surface area contributed by atoms with Crippen molar-refractivity contribution in [3.05, 3.63) is 0 Å². The number of carbonyl (C=O) groups excluding carboxylic acids is 2. The fraction of sp³-hybridized carbons (Fsp3) is 0.150. The molecule has 0 fully saturated rings. The van der Waals surface area contributed by atoms with Crippen LogP contribution < -0.4 is 5.32 Å². The van der Waals surface area contributed by atoms with Gasteiger partial charge in [0.1, 0.15) is 12.1 Å². The molecule has 0 radical (unpaired) electrons. The fourth-order valence-electron chi connectivity index (χ4n) is 1.81. The molecule has 0 aliphatic carbocycles. The number of hydrogen-bond donors (Lipinski definition) is 3. The molecule has 0 saturated heterocycles. The molecule has 46 heavy (non-hydrogen) atoms. The highest BCUT2D eigenvalue weighted by Crippen LogP contribution is 2.04. The van der Waals surface area contributed by atoms with Gasteiger partial charge in [0.25, 0.3) is 5.91 Å². The van der Waals surface area contributed by atoms with Crippen LogP contribution in [-0.2, 0) is 14.3 Å². The highest BCUT2D eigenvalue weighted by Gasteiger charge is 2.32. The van der Waals surface area contributed by atoms with Gasteiger partial charge in [-0.3, -0.25) is 4.79 Å². The van der Waals surface area contributed by atoms with Crippen molar-refractivity contribution in [3.8, 4) is 189 Å². The maximum atomic E-state index is 12.1. The third kappa shape index (κ3) is 23.7. The lowest BCUT2D eigenvalue weighted by Crippen LogP contribution is -2.57. The summed E-state index contributed by atoms with van der Waals surface area (Å²) in [6.45, 7) is 1.15. The van der Waals surface area contributed by atoms with Crippen molar-refractivity contribution in [1.82, 2.24) is 5.32 Å². The Morgan fingerprint density at radius 3 is 1.07 bits per heavy atom. The summed E-state index contributed by atoms with van der Waals surface area (Å²) in [5.41, 5.74) is -1.73. The molecule has 0 bridgehead atoms. The smallest absolute Gasteiger partial charge is 0.385 e. The Morgan fingerprint density at radius 2 is 0.761 bits per heavy atom. The summed E-state index contributed by atoms with van der Waals surface area (Å²) in [7, 11) is 0. The SMILES string of the molecule is CC#CC#CC#CC#CC#CC#CC#CC#CC(=O)NC(CO)(CO)COC(=O)C#CC#CC#CC#CC#CC#CC#CC#CC. The molecule has 1 amide bonds. The Kier molecular flexibility index (Phi) is 23.3. The van der Waals surface area contributed by atoms with Crippen molar-refractivity contribution in [3.63, 3.8) is 0 Å². The molecule has 6 heteroatoms. The van der Waals surface area contributed by atoms with E-state index in [0.29, 0.717) is 0 Å². The molecule has 210 valence electrons. The van der Waals surface area contributed by atoms with Crippen LogP contribution in [0, 0.1) is 189 Å². The first-order valence-electron chi connectivity index (χ1n) is 12.1. The second-order valence-corrected chi connectivity index (χ2v) is 6.88. The van der Waals surface area contributed by atoms with Crippen molar-refractivity contribution in [1.29, 1.82) is 0 Å². The lowest BCUT2D eigenvalue weighted by molar-refractivity contribution is -0.141. The van der Waals surface area contributed by atoms with Gasteiger partial charge in [-0.1, -0.05) is 11.8 Å². The summed E-state index contributed by atoms with van der Waals surface area (Å²) < 4.78 is 4.89. The van der Waals surface area contributed by atoms with E-state index in [1.54, 1.807) is 13.8 Å². The van der Waals surface area contributed by atoms with E-state index < -0.39 is 37.2 Å². The van der Waals surface area contributed by atoms with Crippen LogP contribution in [0.1, 0.15) is 13.8 Å². The molecule has 0 aliphatic heterocycles. The minimum atomic E-state index is -1.73. The van der Waals surface area contributed by atoms with Gasteiger partial charge in [-0.05, 0) is 180 Å². The maximum Gasteiger partial charge on any atom is 0.385 e. The quantitative estimate of drug-likeness (QED) is 0.206. The van der Waals surface area contributed by atoms with Crippen LogP contribution in [0.5, 0.6) is 0 Å². The molecule has 0 unspecified atom stereocenters. The average molecular weight is 590 g/mol. The minimum Gasteiger partial charge on any atom is -0.453 e. The normalized spacial score (nSPS) is 6.09. The predicted molar refractivity (Wildman–Crippen MR) is 172 cm³/mol. The van der Waals surface area contributed by atoms with Crippen LogP contribution in [0.4, 0.5) is 0 Å². The van der Waals surface area contributed by atoms with Gasteiger partial charge < -0.3 is 20.3 Å². The van der Waals surface area contributed by atoms with Gasteiger partial charge >= 0.3 is 5.97 Å². The number of aliphatic hydroxyl groups excluding tert-OH is 2. The van der Waals surface area contributed by atoms with Gasteiger partial charge in [-0.25, -0.2) is 4.79 Å². The number of amides is 1. The standard InChI is InChI=1S/C40H15NO5/c1-3-5-7-9-11-13-15-17-19-21-23-25-27-29-31-33-38(44)41-40(35-42,36-43)37-46-39(45)34-32-30-28-26-24-22-20-18-16-14-12-10-8-6-4-2/h42-43H,35-37H2,1-2H3,(H,41,44). The molecular weight excluding hydrogens is 574 g/mol. The summed E-state index contributed by atoms with van der Waals surface area (Å²) in [6, 6.07) is 0. The van der Waals surface area contributed by atoms with E-state index in [1.165, 1.54) is 0 Å². The first-order chi connectivity index (χ1) is 22.5. The number of aliphatic hydroxyl groups is 2. The van der Waals surface area contributed by atoms with E-state index in [2.05, 4.69) is 195 Å². The van der Waals surface area contributed by atoms with Crippen molar-refractivity contribution < 1.29 is 24.5 Å². The topological polar surface area (TPSA) is 95.9 Å². The van der Waals surface area contributed by atoms with E-state index in [-0.39, 0.29) is 0 Å². The number of carbonyl (C=O) groups is 2. The highest BCUT2D eigenvalue weighted by atomic mass is 16.5. The molecule has 0 aliphatic rings. The van der Waals surface area contributed by atoms with Gasteiger partial charge in [-0.15, -0.1) is 0 Å². The number of nitrogens with one attached hydrogen (secondary N) is 1. The van der Waals surface area contributed by atoms with E-state index >= 15 is 0 Å². The summed E-state index contributed by atoms with van der Waals surface area (Å²) in [6.07, 6.45) is 0. The van der Waals surface area contributed by atoms with Crippen molar-refractivity contribution >= 4 is 11.9 Å².